The van der Waals surface area contributed by atoms with E-state index < -0.39 is 0 Å². The molecule has 1 aliphatic rings. The first kappa shape index (κ1) is 10.3. The number of nitrogens with two attached hydrogens (primary N) is 1. The van der Waals surface area contributed by atoms with Crippen LogP contribution in [0.1, 0.15) is 24.9 Å². The molecule has 17 heavy (non-hydrogen) atoms. The average molecular weight is 229 g/mol. The molecule has 1 aromatic carbocycles. The maximum Gasteiger partial charge on any atom is 0.182 e. The Kier molecular flexibility index (Phi) is 2.14. The van der Waals surface area contributed by atoms with Gasteiger partial charge in [0.15, 0.2) is 5.82 Å². The molecule has 1 saturated carbocycles. The van der Waals surface area contributed by atoms with Crippen molar-refractivity contribution < 1.29 is 0 Å². The summed E-state index contributed by atoms with van der Waals surface area (Å²) in [5.74, 6) is 1.48. The van der Waals surface area contributed by atoms with Crippen molar-refractivity contribution in [3.63, 3.8) is 0 Å². The topological polar surface area (TPSA) is 69.6 Å². The van der Waals surface area contributed by atoms with E-state index in [-0.39, 0.29) is 0 Å². The predicted octanol–water partition coefficient (Wildman–Crippen LogP) is 1.81. The van der Waals surface area contributed by atoms with Crippen molar-refractivity contribution in [2.75, 3.05) is 5.73 Å². The van der Waals surface area contributed by atoms with Crippen LogP contribution in [0.2, 0.25) is 0 Å². The van der Waals surface area contributed by atoms with Crippen LogP contribution in [-0.2, 0) is 0 Å². The van der Waals surface area contributed by atoms with Crippen molar-refractivity contribution in [1.82, 2.24) is 20.2 Å². The van der Waals surface area contributed by atoms with Crippen LogP contribution in [0.5, 0.6) is 0 Å². The van der Waals surface area contributed by atoms with E-state index in [9.17, 15) is 0 Å². The first-order chi connectivity index (χ1) is 8.15. The van der Waals surface area contributed by atoms with Crippen molar-refractivity contribution in [1.29, 1.82) is 0 Å². The molecule has 2 unspecified atom stereocenters. The molecular weight excluding hydrogens is 214 g/mol. The smallest absolute Gasteiger partial charge is 0.182 e. The Morgan fingerprint density at radius 2 is 2.12 bits per heavy atom. The van der Waals surface area contributed by atoms with Gasteiger partial charge < -0.3 is 5.73 Å². The molecule has 2 N–H and O–H groups in total. The van der Waals surface area contributed by atoms with E-state index in [0.29, 0.717) is 12.0 Å². The van der Waals surface area contributed by atoms with Gasteiger partial charge in [0.2, 0.25) is 0 Å². The van der Waals surface area contributed by atoms with E-state index in [2.05, 4.69) is 28.5 Å². The molecule has 0 saturated heterocycles. The third kappa shape index (κ3) is 1.77. The molecule has 0 amide bonds. The van der Waals surface area contributed by atoms with Gasteiger partial charge in [-0.1, -0.05) is 6.92 Å². The van der Waals surface area contributed by atoms with Gasteiger partial charge in [-0.2, -0.15) is 0 Å². The van der Waals surface area contributed by atoms with Crippen LogP contribution in [0.3, 0.4) is 0 Å². The SMILES string of the molecule is Cc1cc(N)cc(-c2nnnn2C2CC2C)c1. The summed E-state index contributed by atoms with van der Waals surface area (Å²) in [7, 11) is 0. The van der Waals surface area contributed by atoms with E-state index in [1.165, 1.54) is 0 Å². The van der Waals surface area contributed by atoms with Crippen molar-refractivity contribution >= 4 is 5.69 Å². The fourth-order valence-corrected chi connectivity index (χ4v) is 2.19. The summed E-state index contributed by atoms with van der Waals surface area (Å²) in [5, 5.41) is 12.0. The number of hydrogen-bond donors (Lipinski definition) is 1. The molecule has 0 spiro atoms. The Labute approximate surface area is 99.6 Å². The fraction of sp³-hybridized carbons (Fsp3) is 0.417. The number of rotatable bonds is 2. The van der Waals surface area contributed by atoms with Gasteiger partial charge >= 0.3 is 0 Å². The molecule has 1 aromatic heterocycles. The zero-order chi connectivity index (χ0) is 12.0. The fourth-order valence-electron chi connectivity index (χ4n) is 2.19. The largest absolute Gasteiger partial charge is 0.399 e. The highest BCUT2D eigenvalue weighted by Crippen LogP contribution is 2.43. The average Bonchev–Trinajstić information content (AvgIpc) is 2.79. The zero-order valence-electron chi connectivity index (χ0n) is 9.96. The lowest BCUT2D eigenvalue weighted by Crippen LogP contribution is -2.02. The van der Waals surface area contributed by atoms with E-state index in [4.69, 9.17) is 5.73 Å². The summed E-state index contributed by atoms with van der Waals surface area (Å²) in [6.45, 7) is 4.23. The van der Waals surface area contributed by atoms with Gasteiger partial charge in [-0.25, -0.2) is 4.68 Å². The van der Waals surface area contributed by atoms with Crippen molar-refractivity contribution in [3.05, 3.63) is 23.8 Å². The van der Waals surface area contributed by atoms with Crippen molar-refractivity contribution in [3.8, 4) is 11.4 Å². The predicted molar refractivity (Wildman–Crippen MR) is 65.2 cm³/mol. The maximum absolute atomic E-state index is 5.86. The molecule has 2 atom stereocenters. The van der Waals surface area contributed by atoms with Gasteiger partial charge in [-0.05, 0) is 53.5 Å². The second kappa shape index (κ2) is 3.55. The molecule has 1 heterocycles. The second-order valence-corrected chi connectivity index (χ2v) is 4.86. The van der Waals surface area contributed by atoms with E-state index >= 15 is 0 Å². The Balaban J connectivity index is 2.06. The molecule has 5 heteroatoms. The minimum atomic E-state index is 0.446. The van der Waals surface area contributed by atoms with Gasteiger partial charge in [0.05, 0.1) is 6.04 Å². The van der Waals surface area contributed by atoms with E-state index in [0.717, 1.165) is 29.1 Å². The molecule has 3 rings (SSSR count). The van der Waals surface area contributed by atoms with Crippen LogP contribution in [0.4, 0.5) is 5.69 Å². The van der Waals surface area contributed by atoms with Gasteiger partial charge in [0.25, 0.3) is 0 Å². The van der Waals surface area contributed by atoms with Crippen molar-refractivity contribution in [2.24, 2.45) is 5.92 Å². The summed E-state index contributed by atoms with van der Waals surface area (Å²) in [4.78, 5) is 0. The second-order valence-electron chi connectivity index (χ2n) is 4.86. The summed E-state index contributed by atoms with van der Waals surface area (Å²) >= 11 is 0. The van der Waals surface area contributed by atoms with Gasteiger partial charge in [-0.3, -0.25) is 0 Å². The molecule has 1 fully saturated rings. The number of aryl methyl sites for hydroxylation is 1. The zero-order valence-corrected chi connectivity index (χ0v) is 9.96. The van der Waals surface area contributed by atoms with Crippen LogP contribution in [0.25, 0.3) is 11.4 Å². The molecule has 2 aromatic rings. The Bertz CT molecular complexity index is 540. The molecular formula is C12H15N5. The van der Waals surface area contributed by atoms with Gasteiger partial charge in [-0.15, -0.1) is 5.10 Å². The summed E-state index contributed by atoms with van der Waals surface area (Å²) in [6.07, 6.45) is 1.15. The van der Waals surface area contributed by atoms with Gasteiger partial charge in [0, 0.05) is 11.3 Å². The summed E-state index contributed by atoms with van der Waals surface area (Å²) in [5.41, 5.74) is 8.72. The summed E-state index contributed by atoms with van der Waals surface area (Å²) < 4.78 is 1.92. The highest BCUT2D eigenvalue weighted by atomic mass is 15.6. The summed E-state index contributed by atoms with van der Waals surface area (Å²) in [6, 6.07) is 6.37. The quantitative estimate of drug-likeness (QED) is 0.797. The lowest BCUT2D eigenvalue weighted by atomic mass is 10.1. The Morgan fingerprint density at radius 1 is 1.35 bits per heavy atom. The minimum absolute atomic E-state index is 0.446. The van der Waals surface area contributed by atoms with Crippen LogP contribution < -0.4 is 5.73 Å². The molecule has 0 aliphatic heterocycles. The maximum atomic E-state index is 5.86. The highest BCUT2D eigenvalue weighted by molar-refractivity contribution is 5.62. The first-order valence-corrected chi connectivity index (χ1v) is 5.80. The molecule has 5 nitrogen and oxygen atoms in total. The monoisotopic (exact) mass is 229 g/mol. The van der Waals surface area contributed by atoms with Crippen LogP contribution in [0, 0.1) is 12.8 Å². The number of aromatic nitrogens is 4. The third-order valence-electron chi connectivity index (χ3n) is 3.23. The van der Waals surface area contributed by atoms with Crippen molar-refractivity contribution in [2.45, 2.75) is 26.3 Å². The Morgan fingerprint density at radius 3 is 2.76 bits per heavy atom. The number of anilines is 1. The van der Waals surface area contributed by atoms with E-state index in [1.807, 2.05) is 23.7 Å². The third-order valence-corrected chi connectivity index (χ3v) is 3.23. The minimum Gasteiger partial charge on any atom is -0.399 e. The number of hydrogen-bond acceptors (Lipinski definition) is 4. The molecule has 0 radical (unpaired) electrons. The molecule has 88 valence electrons. The number of benzene rings is 1. The van der Waals surface area contributed by atoms with Gasteiger partial charge in [0.1, 0.15) is 0 Å². The van der Waals surface area contributed by atoms with E-state index in [1.54, 1.807) is 0 Å². The van der Waals surface area contributed by atoms with Crippen LogP contribution >= 0.6 is 0 Å². The Hall–Kier alpha value is -1.91. The lowest BCUT2D eigenvalue weighted by molar-refractivity contribution is 0.584. The number of nitrogens with zero attached hydrogens (tertiary/aromatic N) is 4. The molecule has 0 bridgehead atoms. The normalized spacial score (nSPS) is 22.7. The lowest BCUT2D eigenvalue weighted by Gasteiger charge is -2.05. The van der Waals surface area contributed by atoms with Crippen LogP contribution in [0.15, 0.2) is 18.2 Å². The highest BCUT2D eigenvalue weighted by Gasteiger charge is 2.37. The number of nitrogen functional groups attached to an aromatic ring is 1. The molecule has 1 aliphatic carbocycles. The number of tetrazole rings is 1. The first-order valence-electron chi connectivity index (χ1n) is 5.80. The standard InChI is InChI=1S/C12H15N5/c1-7-3-9(6-10(13)4-7)12-14-15-16-17(12)11-5-8(11)2/h3-4,6,8,11H,5,13H2,1-2H3. The van der Waals surface area contributed by atoms with Crippen LogP contribution in [-0.4, -0.2) is 20.2 Å².